The van der Waals surface area contributed by atoms with Crippen LogP contribution in [0.3, 0.4) is 0 Å². The van der Waals surface area contributed by atoms with Crippen molar-refractivity contribution >= 4 is 17.5 Å². The summed E-state index contributed by atoms with van der Waals surface area (Å²) in [6.45, 7) is -0.132. The fourth-order valence-electron chi connectivity index (χ4n) is 4.92. The Balaban J connectivity index is 1.52. The van der Waals surface area contributed by atoms with Crippen molar-refractivity contribution in [2.75, 3.05) is 13.2 Å². The summed E-state index contributed by atoms with van der Waals surface area (Å²) in [5.74, 6) is -2.22. The molecule has 0 aromatic heterocycles. The molecule has 0 saturated heterocycles. The van der Waals surface area contributed by atoms with Crippen LogP contribution >= 0.6 is 0 Å². The van der Waals surface area contributed by atoms with Crippen LogP contribution in [0.25, 0.3) is 0 Å². The highest BCUT2D eigenvalue weighted by atomic mass is 19.1. The first-order chi connectivity index (χ1) is 21.7. The van der Waals surface area contributed by atoms with Crippen molar-refractivity contribution in [3.63, 3.8) is 0 Å². The Morgan fingerprint density at radius 1 is 0.822 bits per heavy atom. The number of benzene rings is 4. The molecule has 2 amide bonds. The van der Waals surface area contributed by atoms with Gasteiger partial charge in [-0.2, -0.15) is 4.39 Å². The van der Waals surface area contributed by atoms with Gasteiger partial charge in [0.15, 0.2) is 0 Å². The summed E-state index contributed by atoms with van der Waals surface area (Å²) in [5, 5.41) is 37.5. The van der Waals surface area contributed by atoms with Gasteiger partial charge in [0.2, 0.25) is 17.6 Å². The van der Waals surface area contributed by atoms with Crippen LogP contribution in [0, 0.1) is 15.9 Å². The summed E-state index contributed by atoms with van der Waals surface area (Å²) >= 11 is 0. The number of carbonyl (C=O) groups excluding carboxylic acids is 2. The lowest BCUT2D eigenvalue weighted by molar-refractivity contribution is -0.387. The molecule has 4 aromatic carbocycles. The minimum Gasteiger partial charge on any atom is -0.394 e. The van der Waals surface area contributed by atoms with E-state index in [0.717, 1.165) is 28.8 Å². The molecule has 0 aliphatic rings. The minimum absolute atomic E-state index is 0.0462. The molecule has 0 spiro atoms. The van der Waals surface area contributed by atoms with Crippen molar-refractivity contribution in [2.45, 2.75) is 37.7 Å². The van der Waals surface area contributed by atoms with E-state index in [9.17, 15) is 34.3 Å². The molecule has 4 N–H and O–H groups in total. The van der Waals surface area contributed by atoms with E-state index >= 15 is 0 Å². The smallest absolute Gasteiger partial charge is 0.305 e. The highest BCUT2D eigenvalue weighted by Crippen LogP contribution is 2.22. The zero-order valence-corrected chi connectivity index (χ0v) is 24.5. The van der Waals surface area contributed by atoms with Gasteiger partial charge in [-0.05, 0) is 28.3 Å². The molecular weight excluding hydrogens is 579 g/mol. The number of hydrogen-bond acceptors (Lipinski definition) is 7. The lowest BCUT2D eigenvalue weighted by Gasteiger charge is -2.31. The zero-order chi connectivity index (χ0) is 32.2. The topological polar surface area (TPSA) is 145 Å². The number of aliphatic hydroxyl groups is 2. The van der Waals surface area contributed by atoms with Crippen LogP contribution in [0.5, 0.6) is 0 Å². The third-order valence-corrected chi connectivity index (χ3v) is 7.31. The second kappa shape index (κ2) is 16.2. The van der Waals surface area contributed by atoms with E-state index in [1.165, 1.54) is 6.07 Å². The summed E-state index contributed by atoms with van der Waals surface area (Å²) in [6, 6.07) is 29.0. The molecular formula is C34H35FN4O6. The van der Waals surface area contributed by atoms with Gasteiger partial charge < -0.3 is 20.8 Å². The van der Waals surface area contributed by atoms with Gasteiger partial charge in [-0.1, -0.05) is 97.1 Å². The summed E-state index contributed by atoms with van der Waals surface area (Å²) in [7, 11) is 0. The van der Waals surface area contributed by atoms with Gasteiger partial charge in [-0.15, -0.1) is 0 Å². The van der Waals surface area contributed by atoms with Crippen LogP contribution < -0.4 is 10.6 Å². The molecule has 0 fully saturated rings. The average Bonchev–Trinajstić information content (AvgIpc) is 3.05. The molecule has 45 heavy (non-hydrogen) atoms. The lowest BCUT2D eigenvalue weighted by atomic mass is 10.0. The number of rotatable bonds is 15. The molecule has 234 valence electrons. The molecule has 4 aromatic rings. The maximum Gasteiger partial charge on any atom is 0.305 e. The highest BCUT2D eigenvalue weighted by Gasteiger charge is 2.30. The Labute approximate surface area is 260 Å². The number of nitro benzene ring substituents is 1. The van der Waals surface area contributed by atoms with Crippen LogP contribution in [0.2, 0.25) is 0 Å². The molecule has 3 atom stereocenters. The number of nitrogens with zero attached hydrogens (tertiary/aromatic N) is 2. The molecule has 0 saturated carbocycles. The first kappa shape index (κ1) is 32.9. The van der Waals surface area contributed by atoms with E-state index in [2.05, 4.69) is 10.6 Å². The van der Waals surface area contributed by atoms with Crippen LogP contribution in [0.15, 0.2) is 109 Å². The molecule has 0 heterocycles. The maximum atomic E-state index is 13.8. The van der Waals surface area contributed by atoms with Gasteiger partial charge in [0, 0.05) is 32.1 Å². The third-order valence-electron chi connectivity index (χ3n) is 7.31. The number of nitro groups is 1. The van der Waals surface area contributed by atoms with E-state index in [1.54, 1.807) is 24.3 Å². The average molecular weight is 615 g/mol. The summed E-state index contributed by atoms with van der Waals surface area (Å²) < 4.78 is 13.8. The molecule has 4 rings (SSSR count). The maximum absolute atomic E-state index is 13.8. The Morgan fingerprint density at radius 2 is 1.36 bits per heavy atom. The van der Waals surface area contributed by atoms with E-state index in [0.29, 0.717) is 13.1 Å². The predicted molar refractivity (Wildman–Crippen MR) is 166 cm³/mol. The Hall–Kier alpha value is -4.97. The molecule has 0 radical (unpaired) electrons. The van der Waals surface area contributed by atoms with E-state index in [-0.39, 0.29) is 18.5 Å². The fourth-order valence-corrected chi connectivity index (χ4v) is 4.92. The van der Waals surface area contributed by atoms with Crippen molar-refractivity contribution in [2.24, 2.45) is 0 Å². The molecule has 11 heteroatoms. The third kappa shape index (κ3) is 9.51. The standard InChI is InChI=1S/C34H35FN4O6/c35-28-17-16-27(19-30(28)39(44)45)32(41)20-36-33(42)29(18-24-10-4-1-5-11-24)37-34(43)31(23-40)38(21-25-12-6-2-7-13-25)22-26-14-8-3-9-15-26/h1-17,19,29,31-32,40-41H,18,20-23H2,(H,36,42)(H,37,43)/t29-,31-,32?/m0/s1. The van der Waals surface area contributed by atoms with Crippen molar-refractivity contribution in [1.29, 1.82) is 0 Å². The number of halogens is 1. The zero-order valence-electron chi connectivity index (χ0n) is 24.5. The largest absolute Gasteiger partial charge is 0.394 e. The van der Waals surface area contributed by atoms with Crippen molar-refractivity contribution in [3.8, 4) is 0 Å². The van der Waals surface area contributed by atoms with Gasteiger partial charge in [0.05, 0.1) is 17.6 Å². The quantitative estimate of drug-likeness (QED) is 0.118. The molecule has 0 aliphatic heterocycles. The summed E-state index contributed by atoms with van der Waals surface area (Å²) in [5.41, 5.74) is 1.89. The highest BCUT2D eigenvalue weighted by molar-refractivity contribution is 5.90. The molecule has 10 nitrogen and oxygen atoms in total. The van der Waals surface area contributed by atoms with Gasteiger partial charge in [-0.3, -0.25) is 24.6 Å². The lowest BCUT2D eigenvalue weighted by Crippen LogP contribution is -2.55. The Morgan fingerprint density at radius 3 is 1.87 bits per heavy atom. The summed E-state index contributed by atoms with van der Waals surface area (Å²) in [4.78, 5) is 39.2. The van der Waals surface area contributed by atoms with Crippen LogP contribution in [-0.4, -0.2) is 57.1 Å². The van der Waals surface area contributed by atoms with Crippen LogP contribution in [0.4, 0.5) is 10.1 Å². The molecule has 0 aliphatic carbocycles. The normalized spacial score (nSPS) is 13.1. The Kier molecular flexibility index (Phi) is 11.9. The first-order valence-corrected chi connectivity index (χ1v) is 14.4. The van der Waals surface area contributed by atoms with Gasteiger partial charge in [0.1, 0.15) is 12.1 Å². The second-order valence-electron chi connectivity index (χ2n) is 10.6. The molecule has 0 bridgehead atoms. The van der Waals surface area contributed by atoms with Crippen LogP contribution in [-0.2, 0) is 29.1 Å². The van der Waals surface area contributed by atoms with Crippen molar-refractivity contribution in [3.05, 3.63) is 147 Å². The molecule has 1 unspecified atom stereocenters. The van der Waals surface area contributed by atoms with E-state index in [1.807, 2.05) is 71.6 Å². The van der Waals surface area contributed by atoms with Crippen molar-refractivity contribution in [1.82, 2.24) is 15.5 Å². The van der Waals surface area contributed by atoms with Gasteiger partial charge >= 0.3 is 5.69 Å². The predicted octanol–water partition coefficient (Wildman–Crippen LogP) is 3.67. The summed E-state index contributed by atoms with van der Waals surface area (Å²) in [6.07, 6.45) is -1.26. The van der Waals surface area contributed by atoms with Crippen LogP contribution in [0.1, 0.15) is 28.4 Å². The van der Waals surface area contributed by atoms with Gasteiger partial charge in [0.25, 0.3) is 0 Å². The van der Waals surface area contributed by atoms with Crippen molar-refractivity contribution < 1.29 is 29.1 Å². The van der Waals surface area contributed by atoms with E-state index in [4.69, 9.17) is 0 Å². The minimum atomic E-state index is -1.38. The number of amides is 2. The number of carbonyl (C=O) groups is 2. The SMILES string of the molecule is O=C(NCC(O)c1ccc(F)c([N+](=O)[O-])c1)[C@H](Cc1ccccc1)NC(=O)[C@H](CO)N(Cc1ccccc1)Cc1ccccc1. The first-order valence-electron chi connectivity index (χ1n) is 14.4. The monoisotopic (exact) mass is 614 g/mol. The van der Waals surface area contributed by atoms with Gasteiger partial charge in [-0.25, -0.2) is 0 Å². The fraction of sp³-hybridized carbons (Fsp3) is 0.235. The second-order valence-corrected chi connectivity index (χ2v) is 10.6. The number of hydrogen-bond donors (Lipinski definition) is 4. The number of aliphatic hydroxyl groups excluding tert-OH is 2. The Bertz CT molecular complexity index is 1520. The number of nitrogens with one attached hydrogen (secondary N) is 2. The van der Waals surface area contributed by atoms with E-state index < -0.39 is 53.0 Å².